The number of nitrogens with zero attached hydrogens (tertiary/aromatic N) is 1. The van der Waals surface area contributed by atoms with Gasteiger partial charge in [0.2, 0.25) is 0 Å². The van der Waals surface area contributed by atoms with Gasteiger partial charge in [-0.1, -0.05) is 13.8 Å². The van der Waals surface area contributed by atoms with Gasteiger partial charge >= 0.3 is 12.1 Å². The van der Waals surface area contributed by atoms with Crippen LogP contribution < -0.4 is 16.0 Å². The molecule has 0 bridgehead atoms. The number of ether oxygens (including phenoxy) is 4. The lowest BCUT2D eigenvalue weighted by molar-refractivity contribution is -0.384. The molecule has 1 heterocycles. The number of hydrogen-bond acceptors (Lipinski definition) is 10. The highest BCUT2D eigenvalue weighted by atomic mass is 16.7. The Morgan fingerprint density at radius 2 is 1.65 bits per heavy atom. The smallest absolute Gasteiger partial charge is 0.407 e. The number of rotatable bonds is 12. The molecule has 0 aliphatic carbocycles. The van der Waals surface area contributed by atoms with E-state index in [9.17, 15) is 34.4 Å². The molecule has 40 heavy (non-hydrogen) atoms. The van der Waals surface area contributed by atoms with Crippen LogP contribution in [0.4, 0.5) is 10.5 Å². The third kappa shape index (κ3) is 8.59. The number of nitro benzene ring substituents is 1. The van der Waals surface area contributed by atoms with E-state index in [0.29, 0.717) is 0 Å². The molecule has 0 aromatic heterocycles. The molecule has 0 saturated carbocycles. The molecule has 6 atom stereocenters. The minimum atomic E-state index is -1.57. The average molecular weight is 569 g/mol. The zero-order valence-electron chi connectivity index (χ0n) is 23.1. The number of carboxylic acids is 1. The number of nitro groups is 1. The molecule has 1 aromatic carbocycles. The monoisotopic (exact) mass is 568 g/mol. The fraction of sp³-hybridized carbons (Fsp3) is 0.600. The lowest BCUT2D eigenvalue weighted by Crippen LogP contribution is -2.68. The normalized spacial score (nSPS) is 23.2. The standard InChI is InChI=1S/C25H36N4O11/c1-12(2)11-16(23(32)33)27-22(31)20-19(40-25(34)26-13(3)4)18(37-5)17(24(38-6)39-20)28-21(30)14-7-9-15(10-8-14)29(35)36/h7-10,12-13,16-20,24H,11H2,1-6H3,(H,26,34)(H,27,31)(H,28,30)(H,32,33)/t16?,17-,18-,19+,20+,24+/m1/s1. The Kier molecular flexibility index (Phi) is 11.8. The Hall–Kier alpha value is -3.82. The molecule has 1 fully saturated rings. The molecule has 4 N–H and O–H groups in total. The maximum Gasteiger partial charge on any atom is 0.407 e. The molecule has 1 aliphatic heterocycles. The van der Waals surface area contributed by atoms with Gasteiger partial charge in [-0.3, -0.25) is 19.7 Å². The number of carbonyl (C=O) groups is 4. The Balaban J connectivity index is 2.40. The highest BCUT2D eigenvalue weighted by Crippen LogP contribution is 2.27. The van der Waals surface area contributed by atoms with Gasteiger partial charge in [0, 0.05) is 38.0 Å². The van der Waals surface area contributed by atoms with Crippen molar-refractivity contribution in [3.8, 4) is 0 Å². The quantitative estimate of drug-likeness (QED) is 0.208. The van der Waals surface area contributed by atoms with Crippen molar-refractivity contribution >= 4 is 29.6 Å². The summed E-state index contributed by atoms with van der Waals surface area (Å²) in [4.78, 5) is 61.0. The van der Waals surface area contributed by atoms with Crippen molar-refractivity contribution in [2.75, 3.05) is 14.2 Å². The van der Waals surface area contributed by atoms with Crippen LogP contribution in [-0.4, -0.2) is 90.9 Å². The fourth-order valence-corrected chi connectivity index (χ4v) is 4.12. The number of non-ortho nitro benzene ring substituents is 1. The summed E-state index contributed by atoms with van der Waals surface area (Å²) in [7, 11) is 2.51. The Labute approximate surface area is 231 Å². The number of hydrogen-bond donors (Lipinski definition) is 4. The maximum atomic E-state index is 13.3. The van der Waals surface area contributed by atoms with Gasteiger partial charge in [-0.25, -0.2) is 9.59 Å². The van der Waals surface area contributed by atoms with Crippen LogP contribution in [0.15, 0.2) is 24.3 Å². The van der Waals surface area contributed by atoms with Crippen LogP contribution in [0.5, 0.6) is 0 Å². The van der Waals surface area contributed by atoms with Gasteiger partial charge in [-0.05, 0) is 38.3 Å². The minimum Gasteiger partial charge on any atom is -0.480 e. The second-order valence-corrected chi connectivity index (χ2v) is 9.86. The predicted octanol–water partition coefficient (Wildman–Crippen LogP) is 1.20. The summed E-state index contributed by atoms with van der Waals surface area (Å²) in [5, 5.41) is 28.1. The summed E-state index contributed by atoms with van der Waals surface area (Å²) in [5.74, 6) is -2.88. The molecular formula is C25H36N4O11. The largest absolute Gasteiger partial charge is 0.480 e. The summed E-state index contributed by atoms with van der Waals surface area (Å²) in [6.45, 7) is 6.96. The van der Waals surface area contributed by atoms with Crippen LogP contribution in [0, 0.1) is 16.0 Å². The summed E-state index contributed by atoms with van der Waals surface area (Å²) in [5.41, 5.74) is -0.138. The lowest BCUT2D eigenvalue weighted by Gasteiger charge is -2.44. The molecule has 15 nitrogen and oxygen atoms in total. The summed E-state index contributed by atoms with van der Waals surface area (Å²) in [6.07, 6.45) is -6.31. The molecule has 1 aliphatic rings. The second-order valence-electron chi connectivity index (χ2n) is 9.86. The van der Waals surface area contributed by atoms with E-state index in [1.807, 2.05) is 0 Å². The number of nitrogens with one attached hydrogen (secondary N) is 3. The van der Waals surface area contributed by atoms with Crippen molar-refractivity contribution in [2.24, 2.45) is 5.92 Å². The van der Waals surface area contributed by atoms with Gasteiger partial charge in [0.15, 0.2) is 18.5 Å². The molecule has 1 aromatic rings. The van der Waals surface area contributed by atoms with Crippen molar-refractivity contribution < 1.29 is 48.2 Å². The molecule has 1 saturated heterocycles. The van der Waals surface area contributed by atoms with E-state index in [-0.39, 0.29) is 29.6 Å². The number of aliphatic carboxylic acids is 1. The van der Waals surface area contributed by atoms with Crippen LogP contribution >= 0.6 is 0 Å². The van der Waals surface area contributed by atoms with Gasteiger partial charge in [-0.2, -0.15) is 0 Å². The van der Waals surface area contributed by atoms with Gasteiger partial charge in [0.05, 0.1) is 4.92 Å². The topological polar surface area (TPSA) is 205 Å². The zero-order valence-corrected chi connectivity index (χ0v) is 23.1. The molecule has 0 spiro atoms. The van der Waals surface area contributed by atoms with Crippen LogP contribution in [0.2, 0.25) is 0 Å². The minimum absolute atomic E-state index is 0.0602. The van der Waals surface area contributed by atoms with Crippen molar-refractivity contribution in [2.45, 2.75) is 76.8 Å². The van der Waals surface area contributed by atoms with Crippen LogP contribution in [0.1, 0.15) is 44.5 Å². The highest BCUT2D eigenvalue weighted by molar-refractivity contribution is 5.94. The second kappa shape index (κ2) is 14.5. The van der Waals surface area contributed by atoms with E-state index in [2.05, 4.69) is 16.0 Å². The van der Waals surface area contributed by atoms with E-state index in [0.717, 1.165) is 12.1 Å². The van der Waals surface area contributed by atoms with E-state index in [1.54, 1.807) is 27.7 Å². The number of alkyl carbamates (subject to hydrolysis) is 1. The zero-order chi connectivity index (χ0) is 30.1. The number of carboxylic acid groups (broad SMARTS) is 1. The first-order valence-corrected chi connectivity index (χ1v) is 12.6. The van der Waals surface area contributed by atoms with Gasteiger partial charge in [0.1, 0.15) is 18.2 Å². The van der Waals surface area contributed by atoms with Gasteiger partial charge in [-0.15, -0.1) is 0 Å². The number of benzene rings is 1. The number of carbonyl (C=O) groups excluding carboxylic acids is 3. The first-order valence-electron chi connectivity index (χ1n) is 12.6. The van der Waals surface area contributed by atoms with Crippen molar-refractivity contribution in [1.82, 2.24) is 16.0 Å². The van der Waals surface area contributed by atoms with Crippen molar-refractivity contribution in [1.29, 1.82) is 0 Å². The molecule has 2 rings (SSSR count). The van der Waals surface area contributed by atoms with E-state index < -0.39 is 65.5 Å². The third-order valence-electron chi connectivity index (χ3n) is 5.92. The molecule has 222 valence electrons. The lowest BCUT2D eigenvalue weighted by atomic mass is 9.94. The summed E-state index contributed by atoms with van der Waals surface area (Å²) >= 11 is 0. The van der Waals surface area contributed by atoms with Crippen LogP contribution in [-0.2, 0) is 28.5 Å². The Morgan fingerprint density at radius 3 is 2.12 bits per heavy atom. The average Bonchev–Trinajstić information content (AvgIpc) is 2.87. The predicted molar refractivity (Wildman–Crippen MR) is 138 cm³/mol. The Bertz CT molecular complexity index is 1060. The maximum absolute atomic E-state index is 13.3. The summed E-state index contributed by atoms with van der Waals surface area (Å²) < 4.78 is 22.3. The molecule has 1 unspecified atom stereocenters. The first-order chi connectivity index (χ1) is 18.8. The molecule has 3 amide bonds. The van der Waals surface area contributed by atoms with Crippen molar-refractivity contribution in [3.05, 3.63) is 39.9 Å². The van der Waals surface area contributed by atoms with Gasteiger partial charge < -0.3 is 40.0 Å². The molecule has 0 radical (unpaired) electrons. The van der Waals surface area contributed by atoms with E-state index in [1.165, 1.54) is 26.4 Å². The fourth-order valence-electron chi connectivity index (χ4n) is 4.12. The summed E-state index contributed by atoms with van der Waals surface area (Å²) in [6, 6.07) is 2.12. The Morgan fingerprint density at radius 1 is 1.02 bits per heavy atom. The highest BCUT2D eigenvalue weighted by Gasteiger charge is 2.52. The third-order valence-corrected chi connectivity index (χ3v) is 5.92. The number of methoxy groups -OCH3 is 2. The molecule has 15 heteroatoms. The van der Waals surface area contributed by atoms with Crippen LogP contribution in [0.3, 0.4) is 0 Å². The first kappa shape index (κ1) is 32.4. The SMILES string of the molecule is CO[C@H]1O[C@H](C(=O)NC(CC(C)C)C(=O)O)[C@@H](OC(=O)NC(C)C)[C@H](OC)[C@H]1NC(=O)c1ccc([N+](=O)[O-])cc1. The van der Waals surface area contributed by atoms with Crippen LogP contribution in [0.25, 0.3) is 0 Å². The molecular weight excluding hydrogens is 532 g/mol. The van der Waals surface area contributed by atoms with Crippen molar-refractivity contribution in [3.63, 3.8) is 0 Å². The van der Waals surface area contributed by atoms with Gasteiger partial charge in [0.25, 0.3) is 17.5 Å². The van der Waals surface area contributed by atoms with E-state index >= 15 is 0 Å². The van der Waals surface area contributed by atoms with E-state index in [4.69, 9.17) is 18.9 Å². The number of amides is 3.